The van der Waals surface area contributed by atoms with E-state index in [-0.39, 0.29) is 16.6 Å². The molecule has 33 heavy (non-hydrogen) atoms. The molecule has 1 saturated heterocycles. The first-order chi connectivity index (χ1) is 15.3. The van der Waals surface area contributed by atoms with E-state index in [0.29, 0.717) is 30.8 Å². The summed E-state index contributed by atoms with van der Waals surface area (Å²) in [6.45, 7) is 7.38. The van der Waals surface area contributed by atoms with E-state index in [0.717, 1.165) is 13.5 Å². The molecular formula is C21H23F5N6S. The number of anilines is 1. The summed E-state index contributed by atoms with van der Waals surface area (Å²) in [5.41, 5.74) is -2.56. The molecular weight excluding hydrogens is 463 g/mol. The van der Waals surface area contributed by atoms with Crippen LogP contribution < -0.4 is 4.90 Å². The Kier molecular flexibility index (Phi) is 5.80. The maximum Gasteiger partial charge on any atom is 0.419 e. The lowest BCUT2D eigenvalue weighted by molar-refractivity contribution is -0.140. The van der Waals surface area contributed by atoms with Gasteiger partial charge < -0.3 is 4.90 Å². The molecule has 0 unspecified atom stereocenters. The largest absolute Gasteiger partial charge is 0.419 e. The van der Waals surface area contributed by atoms with Crippen LogP contribution in [0, 0.1) is 18.6 Å². The monoisotopic (exact) mass is 486 g/mol. The molecule has 0 radical (unpaired) electrons. The van der Waals surface area contributed by atoms with Gasteiger partial charge in [0, 0.05) is 49.5 Å². The zero-order chi connectivity index (χ0) is 24.3. The van der Waals surface area contributed by atoms with Crippen molar-refractivity contribution in [2.75, 3.05) is 30.8 Å². The quantitative estimate of drug-likeness (QED) is 0.391. The van der Waals surface area contributed by atoms with Crippen LogP contribution in [-0.2, 0) is 13.2 Å². The minimum absolute atomic E-state index is 0.0716. The molecule has 1 fully saturated rings. The van der Waals surface area contributed by atoms with Crippen LogP contribution in [-0.4, -0.2) is 55.5 Å². The molecule has 0 atom stereocenters. The molecule has 3 aromatic rings. The molecule has 0 spiro atoms. The van der Waals surface area contributed by atoms with Crippen molar-refractivity contribution in [2.45, 2.75) is 32.5 Å². The van der Waals surface area contributed by atoms with E-state index in [9.17, 15) is 22.0 Å². The molecule has 0 amide bonds. The van der Waals surface area contributed by atoms with Crippen LogP contribution in [0.3, 0.4) is 0 Å². The van der Waals surface area contributed by atoms with E-state index in [2.05, 4.69) is 33.2 Å². The number of aryl methyl sites for hydroxylation is 1. The Morgan fingerprint density at radius 3 is 2.42 bits per heavy atom. The molecule has 4 rings (SSSR count). The lowest BCUT2D eigenvalue weighted by Crippen LogP contribution is -2.56. The minimum Gasteiger partial charge on any atom is -0.338 e. The van der Waals surface area contributed by atoms with Gasteiger partial charge in [-0.1, -0.05) is 11.9 Å². The molecule has 0 N–H and O–H groups in total. The van der Waals surface area contributed by atoms with E-state index in [4.69, 9.17) is 0 Å². The fourth-order valence-electron chi connectivity index (χ4n) is 4.18. The molecule has 1 aromatic carbocycles. The van der Waals surface area contributed by atoms with E-state index in [1.54, 1.807) is 19.0 Å². The second kappa shape index (κ2) is 8.08. The van der Waals surface area contributed by atoms with Crippen molar-refractivity contribution in [3.8, 4) is 11.3 Å². The summed E-state index contributed by atoms with van der Waals surface area (Å²) in [5.74, 6) is -2.27. The van der Waals surface area contributed by atoms with Crippen molar-refractivity contribution in [1.82, 2.24) is 24.1 Å². The lowest BCUT2D eigenvalue weighted by atomic mass is 10.0. The topological polar surface area (TPSA) is 50.1 Å². The highest BCUT2D eigenvalue weighted by Crippen LogP contribution is 2.39. The third kappa shape index (κ3) is 4.03. The summed E-state index contributed by atoms with van der Waals surface area (Å²) in [5, 5.41) is 4.49. The van der Waals surface area contributed by atoms with Crippen LogP contribution in [0.15, 0.2) is 12.3 Å². The van der Waals surface area contributed by atoms with Gasteiger partial charge in [0.15, 0.2) is 5.65 Å². The van der Waals surface area contributed by atoms with Gasteiger partial charge in [0.05, 0.1) is 10.9 Å². The number of benzene rings is 1. The highest BCUT2D eigenvalue weighted by molar-refractivity contribution is 7.96. The number of piperazine rings is 1. The zero-order valence-corrected chi connectivity index (χ0v) is 19.6. The van der Waals surface area contributed by atoms with Crippen molar-refractivity contribution in [1.29, 1.82) is 0 Å². The molecule has 12 heteroatoms. The third-order valence-electron chi connectivity index (χ3n) is 5.88. The Hall–Kier alpha value is -2.47. The average molecular weight is 487 g/mol. The zero-order valence-electron chi connectivity index (χ0n) is 18.8. The van der Waals surface area contributed by atoms with Gasteiger partial charge in [-0.2, -0.15) is 23.3 Å². The van der Waals surface area contributed by atoms with Crippen molar-refractivity contribution in [2.24, 2.45) is 7.05 Å². The van der Waals surface area contributed by atoms with Crippen molar-refractivity contribution in [3.63, 3.8) is 0 Å². The number of rotatable bonds is 3. The van der Waals surface area contributed by atoms with E-state index < -0.39 is 34.5 Å². The Labute approximate surface area is 191 Å². The number of hydrogen-bond donors (Lipinski definition) is 0. The Morgan fingerprint density at radius 2 is 1.82 bits per heavy atom. The fraction of sp³-hybridized carbons (Fsp3) is 0.476. The smallest absolute Gasteiger partial charge is 0.338 e. The SMILES string of the molecule is CSN1CCN(c2ncc3c(-c4cc(C(F)(F)F)c(F)c(C)c4F)nn(C)c3n2)CC1(C)C. The van der Waals surface area contributed by atoms with Crippen LogP contribution >= 0.6 is 11.9 Å². The summed E-state index contributed by atoms with van der Waals surface area (Å²) in [6, 6.07) is 0.456. The highest BCUT2D eigenvalue weighted by atomic mass is 32.2. The standard InChI is InChI=1S/C21H23F5N6S/c1-11-15(22)12(8-14(16(11)23)21(24,25)26)17-13-9-27-19(28-18(13)30(4)29-17)31-6-7-32(33-5)20(2,3)10-31/h8-9H,6-7,10H2,1-5H3. The number of halogens is 5. The fourth-order valence-corrected chi connectivity index (χ4v) is 4.99. The summed E-state index contributed by atoms with van der Waals surface area (Å²) in [6.07, 6.45) is -1.52. The minimum atomic E-state index is -4.97. The van der Waals surface area contributed by atoms with Gasteiger partial charge >= 0.3 is 6.18 Å². The summed E-state index contributed by atoms with van der Waals surface area (Å²) < 4.78 is 72.6. The molecule has 1 aliphatic rings. The van der Waals surface area contributed by atoms with Crippen LogP contribution in [0.1, 0.15) is 25.0 Å². The number of fused-ring (bicyclic) bond motifs is 1. The van der Waals surface area contributed by atoms with Gasteiger partial charge in [0.25, 0.3) is 0 Å². The van der Waals surface area contributed by atoms with Crippen molar-refractivity contribution >= 4 is 28.9 Å². The molecule has 3 heterocycles. The van der Waals surface area contributed by atoms with Crippen LogP contribution in [0.4, 0.5) is 27.9 Å². The van der Waals surface area contributed by atoms with Crippen molar-refractivity contribution in [3.05, 3.63) is 35.0 Å². The maximum atomic E-state index is 14.9. The average Bonchev–Trinajstić information content (AvgIpc) is 3.06. The van der Waals surface area contributed by atoms with Gasteiger partial charge in [-0.15, -0.1) is 0 Å². The summed E-state index contributed by atoms with van der Waals surface area (Å²) in [7, 11) is 1.57. The Balaban J connectivity index is 1.80. The van der Waals surface area contributed by atoms with Crippen LogP contribution in [0.25, 0.3) is 22.3 Å². The molecule has 178 valence electrons. The number of alkyl halides is 3. The first kappa shape index (κ1) is 23.7. The van der Waals surface area contributed by atoms with Gasteiger partial charge in [0.2, 0.25) is 5.95 Å². The number of hydrogen-bond acceptors (Lipinski definition) is 6. The maximum absolute atomic E-state index is 14.9. The molecule has 6 nitrogen and oxygen atoms in total. The van der Waals surface area contributed by atoms with Crippen LogP contribution in [0.2, 0.25) is 0 Å². The highest BCUT2D eigenvalue weighted by Gasteiger charge is 2.38. The normalized spacial score (nSPS) is 17.2. The molecule has 0 bridgehead atoms. The second-order valence-corrected chi connectivity index (χ2v) is 9.43. The molecule has 0 saturated carbocycles. The van der Waals surface area contributed by atoms with E-state index in [1.807, 2.05) is 11.2 Å². The number of aromatic nitrogens is 4. The van der Waals surface area contributed by atoms with Gasteiger partial charge in [-0.3, -0.25) is 0 Å². The summed E-state index contributed by atoms with van der Waals surface area (Å²) >= 11 is 1.67. The molecule has 1 aliphatic heterocycles. The number of nitrogens with zero attached hydrogens (tertiary/aromatic N) is 6. The predicted octanol–water partition coefficient (Wildman–Crippen LogP) is 4.81. The second-order valence-electron chi connectivity index (χ2n) is 8.62. The third-order valence-corrected chi connectivity index (χ3v) is 6.99. The molecule has 0 aliphatic carbocycles. The van der Waals surface area contributed by atoms with Gasteiger partial charge in [-0.25, -0.2) is 22.8 Å². The first-order valence-corrected chi connectivity index (χ1v) is 11.4. The van der Waals surface area contributed by atoms with Gasteiger partial charge in [-0.05, 0) is 33.1 Å². The lowest BCUT2D eigenvalue weighted by Gasteiger charge is -2.45. The first-order valence-electron chi connectivity index (χ1n) is 10.2. The Morgan fingerprint density at radius 1 is 1.12 bits per heavy atom. The predicted molar refractivity (Wildman–Crippen MR) is 118 cm³/mol. The summed E-state index contributed by atoms with van der Waals surface area (Å²) in [4.78, 5) is 11.0. The Bertz CT molecular complexity index is 1220. The molecule has 2 aromatic heterocycles. The van der Waals surface area contributed by atoms with Crippen LogP contribution in [0.5, 0.6) is 0 Å². The van der Waals surface area contributed by atoms with Gasteiger partial charge in [0.1, 0.15) is 17.3 Å². The van der Waals surface area contributed by atoms with E-state index >= 15 is 0 Å². The van der Waals surface area contributed by atoms with E-state index in [1.165, 1.54) is 10.9 Å². The van der Waals surface area contributed by atoms with Crippen molar-refractivity contribution < 1.29 is 22.0 Å².